The van der Waals surface area contributed by atoms with Gasteiger partial charge in [-0.25, -0.2) is 9.97 Å². The Morgan fingerprint density at radius 1 is 1.21 bits per heavy atom. The topological polar surface area (TPSA) is 53.6 Å². The summed E-state index contributed by atoms with van der Waals surface area (Å²) in [5.41, 5.74) is 2.17. The predicted octanol–water partition coefficient (Wildman–Crippen LogP) is 4.12. The van der Waals surface area contributed by atoms with Crippen molar-refractivity contribution in [1.29, 1.82) is 0 Å². The highest BCUT2D eigenvalue weighted by molar-refractivity contribution is 9.10. The van der Waals surface area contributed by atoms with Crippen molar-refractivity contribution in [2.24, 2.45) is 5.92 Å². The number of halogens is 2. The highest BCUT2D eigenvalue weighted by Crippen LogP contribution is 2.36. The average molecular weight is 480 g/mol. The summed E-state index contributed by atoms with van der Waals surface area (Å²) in [7, 11) is -0.332. The molecule has 9 heteroatoms. The summed E-state index contributed by atoms with van der Waals surface area (Å²) in [6, 6.07) is 2.07. The lowest BCUT2D eigenvalue weighted by atomic mass is 9.81. The Hall–Kier alpha value is -1.35. The van der Waals surface area contributed by atoms with Crippen LogP contribution in [-0.4, -0.2) is 37.3 Å². The molecule has 0 aromatic carbocycles. The van der Waals surface area contributed by atoms with Crippen molar-refractivity contribution in [2.45, 2.75) is 58.8 Å². The third-order valence-electron chi connectivity index (χ3n) is 5.85. The molecule has 3 aromatic heterocycles. The minimum absolute atomic E-state index is 0.332. The van der Waals surface area contributed by atoms with Gasteiger partial charge in [0, 0.05) is 30.6 Å². The monoisotopic (exact) mass is 478 g/mol. The Balaban J connectivity index is 1.44. The van der Waals surface area contributed by atoms with Crippen LogP contribution in [0.1, 0.15) is 40.3 Å². The van der Waals surface area contributed by atoms with Gasteiger partial charge in [-0.2, -0.15) is 0 Å². The molecule has 0 aliphatic carbocycles. The number of rotatable bonds is 5. The van der Waals surface area contributed by atoms with Crippen molar-refractivity contribution in [2.75, 3.05) is 0 Å². The van der Waals surface area contributed by atoms with E-state index in [9.17, 15) is 0 Å². The fraction of sp³-hybridized carbons (Fsp3) is 0.500. The summed E-state index contributed by atoms with van der Waals surface area (Å²) in [4.78, 5) is 8.78. The standard InChI is InChI=1S/C20H25BBrClN4O2/c1-13(8-15-18(22)27-12-16(23)24-9-17(27)25-15)10-26-7-6-14(11-26)21-28-19(2,3)20(4,5)29-21/h6-7,9,11-13H,8,10H2,1-5H3/t13-/m0/s1. The number of hydrogen-bond donors (Lipinski definition) is 0. The summed E-state index contributed by atoms with van der Waals surface area (Å²) < 4.78 is 17.3. The van der Waals surface area contributed by atoms with Crippen LogP contribution in [0, 0.1) is 5.92 Å². The van der Waals surface area contributed by atoms with E-state index in [0.717, 1.165) is 34.4 Å². The molecule has 29 heavy (non-hydrogen) atoms. The second-order valence-electron chi connectivity index (χ2n) is 8.83. The highest BCUT2D eigenvalue weighted by atomic mass is 79.9. The van der Waals surface area contributed by atoms with Crippen LogP contribution < -0.4 is 5.46 Å². The molecular formula is C20H25BBrClN4O2. The van der Waals surface area contributed by atoms with E-state index in [-0.39, 0.29) is 18.3 Å². The Labute approximate surface area is 184 Å². The summed E-state index contributed by atoms with van der Waals surface area (Å²) in [6.45, 7) is 11.4. The molecule has 3 aromatic rings. The van der Waals surface area contributed by atoms with Crippen molar-refractivity contribution in [3.8, 4) is 0 Å². The summed E-state index contributed by atoms with van der Waals surface area (Å²) >= 11 is 9.64. The number of aromatic nitrogens is 4. The van der Waals surface area contributed by atoms with Gasteiger partial charge in [-0.15, -0.1) is 0 Å². The molecule has 0 spiro atoms. The zero-order chi connectivity index (χ0) is 21.0. The molecule has 0 unspecified atom stereocenters. The van der Waals surface area contributed by atoms with Crippen LogP contribution in [-0.2, 0) is 22.3 Å². The maximum atomic E-state index is 6.15. The van der Waals surface area contributed by atoms with Gasteiger partial charge >= 0.3 is 7.12 Å². The minimum Gasteiger partial charge on any atom is -0.399 e. The first-order chi connectivity index (χ1) is 13.6. The molecule has 1 fully saturated rings. The lowest BCUT2D eigenvalue weighted by molar-refractivity contribution is 0.00578. The SMILES string of the molecule is C[C@@H](Cc1nc2cnc(Cl)cn2c1Br)Cn1ccc(B2OC(C)(C)C(C)(C)O2)c1. The van der Waals surface area contributed by atoms with E-state index in [1.807, 2.05) is 4.40 Å². The van der Waals surface area contributed by atoms with Crippen molar-refractivity contribution in [3.05, 3.63) is 46.3 Å². The number of nitrogens with zero attached hydrogens (tertiary/aromatic N) is 4. The van der Waals surface area contributed by atoms with Gasteiger partial charge in [0.05, 0.1) is 23.1 Å². The molecule has 1 atom stereocenters. The van der Waals surface area contributed by atoms with E-state index in [1.165, 1.54) is 0 Å². The van der Waals surface area contributed by atoms with Gasteiger partial charge in [0.2, 0.25) is 0 Å². The van der Waals surface area contributed by atoms with Crippen LogP contribution >= 0.6 is 27.5 Å². The first-order valence-electron chi connectivity index (χ1n) is 9.75. The van der Waals surface area contributed by atoms with Gasteiger partial charge in [-0.1, -0.05) is 18.5 Å². The molecule has 154 valence electrons. The maximum Gasteiger partial charge on any atom is 0.496 e. The normalized spacial score (nSPS) is 19.2. The fourth-order valence-electron chi connectivity index (χ4n) is 3.53. The summed E-state index contributed by atoms with van der Waals surface area (Å²) in [5, 5.41) is 0.442. The van der Waals surface area contributed by atoms with Crippen molar-refractivity contribution < 1.29 is 9.31 Å². The number of imidazole rings is 1. The Morgan fingerprint density at radius 2 is 1.90 bits per heavy atom. The smallest absolute Gasteiger partial charge is 0.399 e. The van der Waals surface area contributed by atoms with E-state index >= 15 is 0 Å². The Bertz CT molecular complexity index is 1030. The largest absolute Gasteiger partial charge is 0.496 e. The third kappa shape index (κ3) is 4.00. The summed E-state index contributed by atoms with van der Waals surface area (Å²) in [6.07, 6.45) is 8.49. The summed E-state index contributed by atoms with van der Waals surface area (Å²) in [5.74, 6) is 0.387. The Kier molecular flexibility index (Phi) is 5.34. The first-order valence-corrected chi connectivity index (χ1v) is 10.9. The van der Waals surface area contributed by atoms with Crippen LogP contribution in [0.4, 0.5) is 0 Å². The van der Waals surface area contributed by atoms with Gasteiger partial charge < -0.3 is 13.9 Å². The van der Waals surface area contributed by atoms with Crippen LogP contribution in [0.3, 0.4) is 0 Å². The van der Waals surface area contributed by atoms with Crippen molar-refractivity contribution in [1.82, 2.24) is 18.9 Å². The molecular weight excluding hydrogens is 454 g/mol. The van der Waals surface area contributed by atoms with Gasteiger partial charge in [0.1, 0.15) is 9.76 Å². The molecule has 4 rings (SSSR count). The second-order valence-corrected chi connectivity index (χ2v) is 9.97. The van der Waals surface area contributed by atoms with Gasteiger partial charge in [0.15, 0.2) is 5.65 Å². The number of fused-ring (bicyclic) bond motifs is 1. The van der Waals surface area contributed by atoms with E-state index in [2.05, 4.69) is 83.5 Å². The van der Waals surface area contributed by atoms with Crippen LogP contribution in [0.5, 0.6) is 0 Å². The zero-order valence-electron chi connectivity index (χ0n) is 17.3. The molecule has 0 amide bonds. The molecule has 1 aliphatic heterocycles. The van der Waals surface area contributed by atoms with E-state index in [0.29, 0.717) is 11.1 Å². The van der Waals surface area contributed by atoms with Gasteiger partial charge in [-0.05, 0) is 62.0 Å². The minimum atomic E-state index is -0.333. The molecule has 4 heterocycles. The predicted molar refractivity (Wildman–Crippen MR) is 119 cm³/mol. The van der Waals surface area contributed by atoms with Crippen LogP contribution in [0.2, 0.25) is 5.15 Å². The lowest BCUT2D eigenvalue weighted by Crippen LogP contribution is -2.41. The molecule has 0 saturated carbocycles. The lowest BCUT2D eigenvalue weighted by Gasteiger charge is -2.32. The zero-order valence-corrected chi connectivity index (χ0v) is 19.7. The van der Waals surface area contributed by atoms with Gasteiger partial charge in [-0.3, -0.25) is 4.40 Å². The van der Waals surface area contributed by atoms with E-state index in [1.54, 1.807) is 12.4 Å². The molecule has 0 radical (unpaired) electrons. The molecule has 1 aliphatic rings. The average Bonchev–Trinajstić information content (AvgIpc) is 3.25. The maximum absolute atomic E-state index is 6.15. The number of hydrogen-bond acceptors (Lipinski definition) is 4. The second kappa shape index (κ2) is 7.41. The van der Waals surface area contributed by atoms with E-state index < -0.39 is 0 Å². The molecule has 0 bridgehead atoms. The van der Waals surface area contributed by atoms with Crippen molar-refractivity contribution >= 4 is 45.8 Å². The quantitative estimate of drug-likeness (QED) is 0.517. The molecule has 6 nitrogen and oxygen atoms in total. The molecule has 1 saturated heterocycles. The Morgan fingerprint density at radius 3 is 2.59 bits per heavy atom. The third-order valence-corrected chi connectivity index (χ3v) is 6.88. The van der Waals surface area contributed by atoms with E-state index in [4.69, 9.17) is 20.9 Å². The molecule has 0 N–H and O–H groups in total. The van der Waals surface area contributed by atoms with Crippen LogP contribution in [0.25, 0.3) is 5.65 Å². The first kappa shape index (κ1) is 20.9. The fourth-order valence-corrected chi connectivity index (χ4v) is 4.21. The highest BCUT2D eigenvalue weighted by Gasteiger charge is 2.51. The van der Waals surface area contributed by atoms with Gasteiger partial charge in [0.25, 0.3) is 0 Å². The van der Waals surface area contributed by atoms with Crippen LogP contribution in [0.15, 0.2) is 35.5 Å². The van der Waals surface area contributed by atoms with Crippen molar-refractivity contribution in [3.63, 3.8) is 0 Å².